The second-order valence-electron chi connectivity index (χ2n) is 4.90. The van der Waals surface area contributed by atoms with Crippen LogP contribution in [0.2, 0.25) is 0 Å². The van der Waals surface area contributed by atoms with Crippen molar-refractivity contribution in [3.8, 4) is 0 Å². The number of rotatable bonds is 4. The molecule has 108 valence electrons. The lowest BCUT2D eigenvalue weighted by atomic mass is 10.1. The molecule has 5 nitrogen and oxygen atoms in total. The monoisotopic (exact) mass is 300 g/mol. The molecular weight excluding hydrogens is 284 g/mol. The van der Waals surface area contributed by atoms with Crippen molar-refractivity contribution >= 4 is 33.8 Å². The summed E-state index contributed by atoms with van der Waals surface area (Å²) in [6.45, 7) is 2.54. The number of nitrogens with zero attached hydrogens (tertiary/aromatic N) is 1. The molecule has 0 aliphatic heterocycles. The highest BCUT2D eigenvalue weighted by molar-refractivity contribution is 7.09. The largest absolute Gasteiger partial charge is 0.399 e. The van der Waals surface area contributed by atoms with E-state index in [0.717, 1.165) is 28.0 Å². The number of fused-ring (bicyclic) bond motifs is 1. The van der Waals surface area contributed by atoms with Gasteiger partial charge in [0.2, 0.25) is 0 Å². The van der Waals surface area contributed by atoms with Gasteiger partial charge in [-0.2, -0.15) is 0 Å². The maximum absolute atomic E-state index is 12.2. The van der Waals surface area contributed by atoms with E-state index in [1.807, 2.05) is 30.5 Å². The zero-order valence-electron chi connectivity index (χ0n) is 11.6. The number of carbonyl (C=O) groups is 1. The Hall–Kier alpha value is -2.34. The SMILES string of the molecule is Cc1csc(CCNC(=O)c2c[nH]c3ccc(N)cc23)n1. The molecule has 1 aromatic carbocycles. The molecule has 2 heterocycles. The number of hydrogen-bond donors (Lipinski definition) is 3. The maximum atomic E-state index is 12.2. The van der Waals surface area contributed by atoms with E-state index in [9.17, 15) is 4.79 Å². The van der Waals surface area contributed by atoms with Gasteiger partial charge in [0.25, 0.3) is 5.91 Å². The summed E-state index contributed by atoms with van der Waals surface area (Å²) in [4.78, 5) is 19.7. The summed E-state index contributed by atoms with van der Waals surface area (Å²) in [5.41, 5.74) is 8.97. The number of aromatic amines is 1. The van der Waals surface area contributed by atoms with Gasteiger partial charge in [-0.3, -0.25) is 4.79 Å². The first-order valence-electron chi connectivity index (χ1n) is 6.69. The highest BCUT2D eigenvalue weighted by atomic mass is 32.1. The van der Waals surface area contributed by atoms with E-state index < -0.39 is 0 Å². The summed E-state index contributed by atoms with van der Waals surface area (Å²) < 4.78 is 0. The number of aromatic nitrogens is 2. The third-order valence-electron chi connectivity index (χ3n) is 3.24. The number of nitrogen functional groups attached to an aromatic ring is 1. The number of aryl methyl sites for hydroxylation is 1. The van der Waals surface area contributed by atoms with Gasteiger partial charge in [-0.15, -0.1) is 11.3 Å². The summed E-state index contributed by atoms with van der Waals surface area (Å²) in [7, 11) is 0. The number of anilines is 1. The Bertz CT molecular complexity index is 790. The van der Waals surface area contributed by atoms with E-state index in [1.165, 1.54) is 0 Å². The third-order valence-corrected chi connectivity index (χ3v) is 4.27. The van der Waals surface area contributed by atoms with Crippen molar-refractivity contribution in [1.82, 2.24) is 15.3 Å². The van der Waals surface area contributed by atoms with Gasteiger partial charge in [0.05, 0.1) is 10.6 Å². The molecule has 0 fully saturated rings. The van der Waals surface area contributed by atoms with Crippen LogP contribution in [0.5, 0.6) is 0 Å². The number of nitrogens with one attached hydrogen (secondary N) is 2. The second kappa shape index (κ2) is 5.57. The number of amides is 1. The fraction of sp³-hybridized carbons (Fsp3) is 0.200. The minimum atomic E-state index is -0.0971. The van der Waals surface area contributed by atoms with E-state index in [2.05, 4.69) is 15.3 Å². The molecular formula is C15H16N4OS. The quantitative estimate of drug-likeness (QED) is 0.647. The van der Waals surface area contributed by atoms with Crippen LogP contribution in [-0.2, 0) is 6.42 Å². The summed E-state index contributed by atoms with van der Waals surface area (Å²) in [6.07, 6.45) is 2.46. The molecule has 0 saturated carbocycles. The van der Waals surface area contributed by atoms with Crippen molar-refractivity contribution in [2.45, 2.75) is 13.3 Å². The van der Waals surface area contributed by atoms with Gasteiger partial charge in [0, 0.05) is 46.8 Å². The fourth-order valence-corrected chi connectivity index (χ4v) is 3.00. The third kappa shape index (κ3) is 2.90. The number of hydrogen-bond acceptors (Lipinski definition) is 4. The van der Waals surface area contributed by atoms with Gasteiger partial charge in [0.15, 0.2) is 0 Å². The van der Waals surface area contributed by atoms with Crippen molar-refractivity contribution in [2.75, 3.05) is 12.3 Å². The minimum absolute atomic E-state index is 0.0971. The van der Waals surface area contributed by atoms with Crippen molar-refractivity contribution in [3.63, 3.8) is 0 Å². The molecule has 3 aromatic rings. The van der Waals surface area contributed by atoms with Crippen molar-refractivity contribution in [3.05, 3.63) is 46.0 Å². The zero-order chi connectivity index (χ0) is 14.8. The first kappa shape index (κ1) is 13.6. The molecule has 0 bridgehead atoms. The number of thiazole rings is 1. The van der Waals surface area contributed by atoms with Crippen LogP contribution in [-0.4, -0.2) is 22.4 Å². The summed E-state index contributed by atoms with van der Waals surface area (Å²) in [5.74, 6) is -0.0971. The molecule has 4 N–H and O–H groups in total. The molecule has 6 heteroatoms. The van der Waals surface area contributed by atoms with E-state index in [-0.39, 0.29) is 5.91 Å². The van der Waals surface area contributed by atoms with Crippen molar-refractivity contribution < 1.29 is 4.79 Å². The Morgan fingerprint density at radius 1 is 1.48 bits per heavy atom. The summed E-state index contributed by atoms with van der Waals surface area (Å²) in [6, 6.07) is 5.50. The highest BCUT2D eigenvalue weighted by Crippen LogP contribution is 2.20. The first-order valence-corrected chi connectivity index (χ1v) is 7.57. The maximum Gasteiger partial charge on any atom is 0.253 e. The molecule has 2 aromatic heterocycles. The van der Waals surface area contributed by atoms with Crippen molar-refractivity contribution in [1.29, 1.82) is 0 Å². The Morgan fingerprint density at radius 3 is 3.10 bits per heavy atom. The highest BCUT2D eigenvalue weighted by Gasteiger charge is 2.12. The van der Waals surface area contributed by atoms with E-state index in [1.54, 1.807) is 17.5 Å². The Labute approximate surface area is 126 Å². The van der Waals surface area contributed by atoms with Gasteiger partial charge in [-0.25, -0.2) is 4.98 Å². The van der Waals surface area contributed by atoms with Crippen LogP contribution in [0.15, 0.2) is 29.8 Å². The van der Waals surface area contributed by atoms with Crippen LogP contribution in [0, 0.1) is 6.92 Å². The first-order chi connectivity index (χ1) is 10.1. The second-order valence-corrected chi connectivity index (χ2v) is 5.84. The molecule has 0 spiro atoms. The van der Waals surface area contributed by atoms with Gasteiger partial charge in [-0.05, 0) is 25.1 Å². The Balaban J connectivity index is 1.68. The predicted octanol–water partition coefficient (Wildman–Crippen LogP) is 2.49. The van der Waals surface area contributed by atoms with Gasteiger partial charge < -0.3 is 16.0 Å². The predicted molar refractivity (Wildman–Crippen MR) is 85.6 cm³/mol. The summed E-state index contributed by atoms with van der Waals surface area (Å²) in [5, 5.41) is 6.82. The van der Waals surface area contributed by atoms with Crippen LogP contribution in [0.1, 0.15) is 21.1 Å². The Kier molecular flexibility index (Phi) is 3.62. The van der Waals surface area contributed by atoms with Gasteiger partial charge in [0.1, 0.15) is 0 Å². The lowest BCUT2D eigenvalue weighted by Crippen LogP contribution is -2.25. The van der Waals surface area contributed by atoms with Gasteiger partial charge in [-0.1, -0.05) is 0 Å². The molecule has 1 amide bonds. The van der Waals surface area contributed by atoms with Crippen LogP contribution < -0.4 is 11.1 Å². The van der Waals surface area contributed by atoms with Gasteiger partial charge >= 0.3 is 0 Å². The summed E-state index contributed by atoms with van der Waals surface area (Å²) >= 11 is 1.62. The average molecular weight is 300 g/mol. The molecule has 0 unspecified atom stereocenters. The minimum Gasteiger partial charge on any atom is -0.399 e. The van der Waals surface area contributed by atoms with E-state index >= 15 is 0 Å². The smallest absolute Gasteiger partial charge is 0.253 e. The number of benzene rings is 1. The average Bonchev–Trinajstić information content (AvgIpc) is 3.04. The normalized spacial score (nSPS) is 10.9. The molecule has 21 heavy (non-hydrogen) atoms. The van der Waals surface area contributed by atoms with Crippen molar-refractivity contribution in [2.24, 2.45) is 0 Å². The van der Waals surface area contributed by atoms with Crippen LogP contribution in [0.3, 0.4) is 0 Å². The number of nitrogens with two attached hydrogens (primary N) is 1. The topological polar surface area (TPSA) is 83.8 Å². The van der Waals surface area contributed by atoms with E-state index in [4.69, 9.17) is 5.73 Å². The lowest BCUT2D eigenvalue weighted by molar-refractivity contribution is 0.0956. The lowest BCUT2D eigenvalue weighted by Gasteiger charge is -2.03. The molecule has 3 rings (SSSR count). The fourth-order valence-electron chi connectivity index (χ4n) is 2.22. The van der Waals surface area contributed by atoms with Crippen LogP contribution in [0.4, 0.5) is 5.69 Å². The van der Waals surface area contributed by atoms with E-state index in [0.29, 0.717) is 17.8 Å². The molecule has 0 radical (unpaired) electrons. The molecule has 0 atom stereocenters. The number of H-pyrrole nitrogens is 1. The van der Waals surface area contributed by atoms with Crippen LogP contribution >= 0.6 is 11.3 Å². The molecule has 0 saturated heterocycles. The standard InChI is InChI=1S/C15H16N4OS/c1-9-8-21-14(19-9)4-5-17-15(20)12-7-18-13-3-2-10(16)6-11(12)13/h2-3,6-8,18H,4-5,16H2,1H3,(H,17,20). The molecule has 0 aliphatic rings. The number of carbonyl (C=O) groups excluding carboxylic acids is 1. The molecule has 0 aliphatic carbocycles. The van der Waals surface area contributed by atoms with Crippen LogP contribution in [0.25, 0.3) is 10.9 Å². The zero-order valence-corrected chi connectivity index (χ0v) is 12.5. The Morgan fingerprint density at radius 2 is 2.33 bits per heavy atom.